The second-order valence-electron chi connectivity index (χ2n) is 3.25. The van der Waals surface area contributed by atoms with Crippen LogP contribution in [-0.4, -0.2) is 46.7 Å². The molecule has 0 fully saturated rings. The Balaban J connectivity index is 2.75. The van der Waals surface area contributed by atoms with Crippen LogP contribution in [0.2, 0.25) is 0 Å². The molecular formula is C9H12N2O3S. The molecule has 2 N–H and O–H groups in total. The summed E-state index contributed by atoms with van der Waals surface area (Å²) in [5.41, 5.74) is 0.00361. The van der Waals surface area contributed by atoms with Crippen molar-refractivity contribution >= 4 is 23.4 Å². The number of aromatic nitrogens is 1. The number of carbonyl (C=O) groups is 1. The molecule has 0 spiro atoms. The minimum atomic E-state index is -1.06. The Morgan fingerprint density at radius 3 is 2.73 bits per heavy atom. The van der Waals surface area contributed by atoms with Crippen molar-refractivity contribution in [2.75, 3.05) is 20.6 Å². The van der Waals surface area contributed by atoms with Crippen molar-refractivity contribution < 1.29 is 15.0 Å². The average Bonchev–Trinajstić information content (AvgIpc) is 2.50. The van der Waals surface area contributed by atoms with Crippen molar-refractivity contribution in [3.05, 3.63) is 21.8 Å². The summed E-state index contributed by atoms with van der Waals surface area (Å²) in [7, 11) is 3.66. The molecule has 6 heteroatoms. The number of hydrogen-bond acceptors (Lipinski definition) is 5. The highest BCUT2D eigenvalue weighted by Crippen LogP contribution is 2.13. The number of rotatable bonds is 4. The largest absolute Gasteiger partial charge is 0.511 e. The maximum Gasteiger partial charge on any atom is 0.355 e. The SMILES string of the molecule is CN(C)C/C(O)=C/c1nc(C(=O)O)cs1. The van der Waals surface area contributed by atoms with E-state index in [4.69, 9.17) is 5.11 Å². The number of hydrogen-bond donors (Lipinski definition) is 2. The van der Waals surface area contributed by atoms with Gasteiger partial charge in [-0.15, -0.1) is 11.3 Å². The third-order valence-corrected chi connectivity index (χ3v) is 2.30. The second kappa shape index (κ2) is 4.90. The highest BCUT2D eigenvalue weighted by Gasteiger charge is 2.07. The lowest BCUT2D eigenvalue weighted by Gasteiger charge is -2.07. The molecule has 0 bridgehead atoms. The van der Waals surface area contributed by atoms with Gasteiger partial charge in [0, 0.05) is 11.5 Å². The van der Waals surface area contributed by atoms with Gasteiger partial charge in [-0.2, -0.15) is 0 Å². The van der Waals surface area contributed by atoms with Gasteiger partial charge in [-0.1, -0.05) is 0 Å². The molecule has 1 heterocycles. The van der Waals surface area contributed by atoms with Crippen LogP contribution in [0.1, 0.15) is 15.5 Å². The molecule has 15 heavy (non-hydrogen) atoms. The zero-order valence-corrected chi connectivity index (χ0v) is 9.28. The summed E-state index contributed by atoms with van der Waals surface area (Å²) in [5.74, 6) is -0.899. The van der Waals surface area contributed by atoms with Crippen molar-refractivity contribution in [3.63, 3.8) is 0 Å². The van der Waals surface area contributed by atoms with Crippen LogP contribution in [0.25, 0.3) is 6.08 Å². The first-order valence-corrected chi connectivity index (χ1v) is 5.10. The summed E-state index contributed by atoms with van der Waals surface area (Å²) in [6.07, 6.45) is 1.47. The normalized spacial score (nSPS) is 12.1. The Morgan fingerprint density at radius 2 is 2.27 bits per heavy atom. The van der Waals surface area contributed by atoms with Gasteiger partial charge in [0.15, 0.2) is 5.69 Å². The Labute approximate surface area is 91.3 Å². The van der Waals surface area contributed by atoms with Crippen molar-refractivity contribution in [2.24, 2.45) is 0 Å². The molecule has 1 aromatic heterocycles. The van der Waals surface area contributed by atoms with Crippen molar-refractivity contribution in [1.29, 1.82) is 0 Å². The highest BCUT2D eigenvalue weighted by molar-refractivity contribution is 7.10. The number of carboxylic acid groups (broad SMARTS) is 1. The molecule has 82 valence electrons. The number of carboxylic acids is 1. The van der Waals surface area contributed by atoms with Gasteiger partial charge in [-0.05, 0) is 14.1 Å². The molecule has 0 saturated heterocycles. The lowest BCUT2D eigenvalue weighted by molar-refractivity contribution is 0.0691. The molecular weight excluding hydrogens is 216 g/mol. The Morgan fingerprint density at radius 1 is 1.60 bits per heavy atom. The zero-order chi connectivity index (χ0) is 11.4. The molecule has 0 saturated carbocycles. The molecule has 0 aromatic carbocycles. The van der Waals surface area contributed by atoms with Crippen LogP contribution in [0.3, 0.4) is 0 Å². The molecule has 0 unspecified atom stereocenters. The van der Waals surface area contributed by atoms with E-state index >= 15 is 0 Å². The smallest absolute Gasteiger partial charge is 0.355 e. The predicted octanol–water partition coefficient (Wildman–Crippen LogP) is 1.30. The van der Waals surface area contributed by atoms with E-state index in [2.05, 4.69) is 4.98 Å². The Hall–Kier alpha value is -1.40. The third kappa shape index (κ3) is 3.69. The number of likely N-dealkylation sites (N-methyl/N-ethyl adjacent to an activating group) is 1. The second-order valence-corrected chi connectivity index (χ2v) is 4.14. The fourth-order valence-corrected chi connectivity index (χ4v) is 1.71. The van der Waals surface area contributed by atoms with Crippen LogP contribution in [-0.2, 0) is 0 Å². The number of aromatic carboxylic acids is 1. The topological polar surface area (TPSA) is 73.7 Å². The number of thiazole rings is 1. The van der Waals surface area contributed by atoms with Crippen molar-refractivity contribution in [2.45, 2.75) is 0 Å². The van der Waals surface area contributed by atoms with E-state index in [0.29, 0.717) is 11.6 Å². The van der Waals surface area contributed by atoms with E-state index < -0.39 is 5.97 Å². The van der Waals surface area contributed by atoms with Crippen LogP contribution >= 0.6 is 11.3 Å². The summed E-state index contributed by atoms with van der Waals surface area (Å²) < 4.78 is 0. The van der Waals surface area contributed by atoms with Gasteiger partial charge in [0.2, 0.25) is 0 Å². The van der Waals surface area contributed by atoms with Crippen LogP contribution in [0, 0.1) is 0 Å². The predicted molar refractivity (Wildman–Crippen MR) is 58.2 cm³/mol. The standard InChI is InChI=1S/C9H12N2O3S/c1-11(2)4-6(12)3-8-10-7(5-15-8)9(13)14/h3,5,12H,4H2,1-2H3,(H,13,14)/b6-3-. The van der Waals surface area contributed by atoms with Crippen LogP contribution < -0.4 is 0 Å². The number of aliphatic hydroxyl groups is 1. The van der Waals surface area contributed by atoms with Crippen molar-refractivity contribution in [3.8, 4) is 0 Å². The van der Waals surface area contributed by atoms with Gasteiger partial charge in [0.1, 0.15) is 10.8 Å². The minimum Gasteiger partial charge on any atom is -0.511 e. The van der Waals surface area contributed by atoms with Gasteiger partial charge >= 0.3 is 5.97 Å². The number of aliphatic hydroxyl groups excluding tert-OH is 1. The summed E-state index contributed by atoms with van der Waals surface area (Å²) in [5, 5.41) is 20.0. The maximum atomic E-state index is 10.5. The molecule has 0 aliphatic heterocycles. The van der Waals surface area contributed by atoms with Crippen LogP contribution in [0.5, 0.6) is 0 Å². The van der Waals surface area contributed by atoms with Gasteiger partial charge in [0.25, 0.3) is 0 Å². The fraction of sp³-hybridized carbons (Fsp3) is 0.333. The van der Waals surface area contributed by atoms with E-state index in [-0.39, 0.29) is 11.5 Å². The average molecular weight is 228 g/mol. The molecule has 0 aliphatic carbocycles. The summed E-state index contributed by atoms with van der Waals surface area (Å²) >= 11 is 1.19. The summed E-state index contributed by atoms with van der Waals surface area (Å²) in [4.78, 5) is 16.2. The third-order valence-electron chi connectivity index (χ3n) is 1.51. The van der Waals surface area contributed by atoms with E-state index in [1.54, 1.807) is 4.90 Å². The lowest BCUT2D eigenvalue weighted by Crippen LogP contribution is -2.14. The zero-order valence-electron chi connectivity index (χ0n) is 8.47. The van der Waals surface area contributed by atoms with Crippen LogP contribution in [0.15, 0.2) is 11.1 Å². The lowest BCUT2D eigenvalue weighted by atomic mass is 10.4. The van der Waals surface area contributed by atoms with Gasteiger partial charge in [-0.3, -0.25) is 0 Å². The summed E-state index contributed by atoms with van der Waals surface area (Å²) in [6, 6.07) is 0. The molecule has 1 aromatic rings. The van der Waals surface area contributed by atoms with Gasteiger partial charge in [-0.25, -0.2) is 9.78 Å². The van der Waals surface area contributed by atoms with Gasteiger partial charge < -0.3 is 15.1 Å². The first-order valence-electron chi connectivity index (χ1n) is 4.22. The van der Waals surface area contributed by atoms with E-state index in [1.807, 2.05) is 14.1 Å². The highest BCUT2D eigenvalue weighted by atomic mass is 32.1. The monoisotopic (exact) mass is 228 g/mol. The molecule has 5 nitrogen and oxygen atoms in total. The first-order chi connectivity index (χ1) is 6.99. The number of nitrogens with zero attached hydrogens (tertiary/aromatic N) is 2. The molecule has 0 radical (unpaired) electrons. The molecule has 1 rings (SSSR count). The molecule has 0 amide bonds. The maximum absolute atomic E-state index is 10.5. The fourth-order valence-electron chi connectivity index (χ4n) is 0.964. The Bertz CT molecular complexity index is 384. The van der Waals surface area contributed by atoms with E-state index in [1.165, 1.54) is 22.8 Å². The van der Waals surface area contributed by atoms with Gasteiger partial charge in [0.05, 0.1) is 6.54 Å². The molecule has 0 atom stereocenters. The first kappa shape index (κ1) is 11.7. The van der Waals surface area contributed by atoms with Crippen LogP contribution in [0.4, 0.5) is 0 Å². The summed E-state index contributed by atoms with van der Waals surface area (Å²) in [6.45, 7) is 0.405. The van der Waals surface area contributed by atoms with Crippen molar-refractivity contribution in [1.82, 2.24) is 9.88 Å². The minimum absolute atomic E-state index is 0.00361. The van der Waals surface area contributed by atoms with E-state index in [9.17, 15) is 9.90 Å². The molecule has 0 aliphatic rings. The van der Waals surface area contributed by atoms with E-state index in [0.717, 1.165) is 0 Å². The quantitative estimate of drug-likeness (QED) is 0.760. The Kier molecular flexibility index (Phi) is 3.81.